The van der Waals surface area contributed by atoms with E-state index in [9.17, 15) is 5.11 Å². The molecular weight excluding hydrogens is 533 g/mol. The third-order valence-corrected chi connectivity index (χ3v) is 16.1. The highest BCUT2D eigenvalue weighted by molar-refractivity contribution is 7.80. The van der Waals surface area contributed by atoms with Crippen molar-refractivity contribution in [2.75, 3.05) is 0 Å². The zero-order chi connectivity index (χ0) is 30.0. The Morgan fingerprint density at radius 1 is 0.707 bits per heavy atom. The molecule has 1 aliphatic rings. The molecule has 0 fully saturated rings. The normalized spacial score (nSPS) is 17.5. The largest absolute Gasteiger partial charge is 0.380 e. The fourth-order valence-corrected chi connectivity index (χ4v) is 14.4. The van der Waals surface area contributed by atoms with Crippen molar-refractivity contribution < 1.29 is 5.11 Å². The molecule has 0 saturated carbocycles. The molecule has 41 heavy (non-hydrogen) atoms. The predicted molar refractivity (Wildman–Crippen MR) is 182 cm³/mol. The van der Waals surface area contributed by atoms with Gasteiger partial charge in [0.25, 0.3) is 0 Å². The molecule has 0 bridgehead atoms. The first-order chi connectivity index (χ1) is 19.1. The molecule has 0 aromatic heterocycles. The fourth-order valence-electron chi connectivity index (χ4n) is 7.75. The van der Waals surface area contributed by atoms with Crippen molar-refractivity contribution >= 4 is 36.3 Å². The van der Waals surface area contributed by atoms with Crippen LogP contribution in [0.1, 0.15) is 86.9 Å². The third kappa shape index (κ3) is 4.65. The smallest absolute Gasteiger partial charge is 0.154 e. The highest BCUT2D eigenvalue weighted by Gasteiger charge is 2.52. The summed E-state index contributed by atoms with van der Waals surface area (Å²) in [5.41, 5.74) is 7.20. The summed E-state index contributed by atoms with van der Waals surface area (Å²) in [6.45, 7) is 20.5. The lowest BCUT2D eigenvalue weighted by Crippen LogP contribution is -2.72. The summed E-state index contributed by atoms with van der Waals surface area (Å²) in [6.07, 6.45) is 1.53. The Hall–Kier alpha value is -2.59. The maximum absolute atomic E-state index is 12.9. The molecular formula is C38H46OSSi. The molecule has 0 saturated heterocycles. The lowest BCUT2D eigenvalue weighted by Gasteiger charge is -2.46. The molecule has 5 rings (SSSR count). The number of benzene rings is 4. The van der Waals surface area contributed by atoms with Gasteiger partial charge in [-0.25, -0.2) is 0 Å². The number of thiol groups is 1. The van der Waals surface area contributed by atoms with Gasteiger partial charge in [0, 0.05) is 10.5 Å². The van der Waals surface area contributed by atoms with Crippen LogP contribution in [0.4, 0.5) is 0 Å². The summed E-state index contributed by atoms with van der Waals surface area (Å²) < 4.78 is 0. The van der Waals surface area contributed by atoms with Crippen molar-refractivity contribution in [1.29, 1.82) is 0 Å². The number of hydrogen-bond acceptors (Lipinski definition) is 2. The van der Waals surface area contributed by atoms with Crippen LogP contribution < -0.4 is 15.6 Å². The zero-order valence-electron chi connectivity index (χ0n) is 26.3. The molecule has 4 aromatic carbocycles. The highest BCUT2D eigenvalue weighted by atomic mass is 32.1. The maximum atomic E-state index is 12.9. The summed E-state index contributed by atoms with van der Waals surface area (Å²) in [5, 5.41) is 16.9. The molecule has 3 heteroatoms. The SMILES string of the molecule is Cc1cc([Si](c2ccccc2)(c2ccccc2)C(C)(C)C)c(S)c2c1CC[C@@]2(O)c1c(C)cc(C(C)(C)C)cc1C. The maximum Gasteiger partial charge on any atom is 0.154 e. The minimum atomic E-state index is -2.66. The van der Waals surface area contributed by atoms with Crippen LogP contribution >= 0.6 is 12.6 Å². The second-order valence-corrected chi connectivity index (χ2v) is 19.4. The molecule has 0 amide bonds. The fraction of sp³-hybridized carbons (Fsp3) is 0.368. The van der Waals surface area contributed by atoms with E-state index in [2.05, 4.69) is 141 Å². The lowest BCUT2D eigenvalue weighted by atomic mass is 9.78. The molecule has 0 spiro atoms. The molecule has 1 N–H and O–H groups in total. The van der Waals surface area contributed by atoms with Gasteiger partial charge in [0.15, 0.2) is 8.07 Å². The molecule has 0 unspecified atom stereocenters. The van der Waals surface area contributed by atoms with Crippen molar-refractivity contribution in [3.63, 3.8) is 0 Å². The average molecular weight is 579 g/mol. The van der Waals surface area contributed by atoms with Gasteiger partial charge in [0.1, 0.15) is 5.60 Å². The van der Waals surface area contributed by atoms with Gasteiger partial charge >= 0.3 is 0 Å². The van der Waals surface area contributed by atoms with Gasteiger partial charge in [-0.2, -0.15) is 0 Å². The third-order valence-electron chi connectivity index (χ3n) is 9.54. The number of hydrogen-bond donors (Lipinski definition) is 2. The van der Waals surface area contributed by atoms with Crippen molar-refractivity contribution in [3.05, 3.63) is 118 Å². The van der Waals surface area contributed by atoms with Crippen LogP contribution in [-0.4, -0.2) is 13.2 Å². The predicted octanol–water partition coefficient (Wildman–Crippen LogP) is 7.65. The van der Waals surface area contributed by atoms with Crippen molar-refractivity contribution in [3.8, 4) is 0 Å². The summed E-state index contributed by atoms with van der Waals surface area (Å²) in [7, 11) is -2.66. The molecule has 0 aliphatic heterocycles. The van der Waals surface area contributed by atoms with Gasteiger partial charge in [-0.15, -0.1) is 12.6 Å². The second kappa shape index (κ2) is 10.3. The van der Waals surface area contributed by atoms with E-state index in [1.165, 1.54) is 32.3 Å². The minimum absolute atomic E-state index is 0.0476. The Balaban J connectivity index is 1.87. The Morgan fingerprint density at radius 3 is 1.63 bits per heavy atom. The van der Waals surface area contributed by atoms with Gasteiger partial charge < -0.3 is 5.11 Å². The first kappa shape index (κ1) is 29.9. The first-order valence-electron chi connectivity index (χ1n) is 15.0. The standard InChI is InChI=1S/C38H46OSSi/c1-25-24-32(41(37(7,8)9,29-16-12-10-13-17-29)30-18-14-11-15-19-30)35(40)34-31(25)20-21-38(34,39)33-26(2)22-28(23-27(33)3)36(4,5)6/h10-19,22-24,39-40H,20-21H2,1-9H3/t38-/m1/s1. The average Bonchev–Trinajstić information content (AvgIpc) is 3.25. The van der Waals surface area contributed by atoms with Crippen LogP contribution in [0, 0.1) is 20.8 Å². The Bertz CT molecular complexity index is 1530. The number of rotatable bonds is 4. The molecule has 1 aliphatic carbocycles. The Morgan fingerprint density at radius 2 is 1.20 bits per heavy atom. The number of aliphatic hydroxyl groups is 1. The summed E-state index contributed by atoms with van der Waals surface area (Å²) in [5.74, 6) is 0. The molecule has 0 heterocycles. The molecule has 1 atom stereocenters. The molecule has 4 aromatic rings. The topological polar surface area (TPSA) is 20.2 Å². The van der Waals surface area contributed by atoms with Crippen molar-refractivity contribution in [2.24, 2.45) is 0 Å². The zero-order valence-corrected chi connectivity index (χ0v) is 28.2. The van der Waals surface area contributed by atoms with E-state index in [1.807, 2.05) is 0 Å². The van der Waals surface area contributed by atoms with Crippen LogP contribution in [0.15, 0.2) is 83.8 Å². The molecule has 1 nitrogen and oxygen atoms in total. The summed E-state index contributed by atoms with van der Waals surface area (Å²) in [4.78, 5) is 0.971. The number of fused-ring (bicyclic) bond motifs is 1. The van der Waals surface area contributed by atoms with E-state index in [4.69, 9.17) is 12.6 Å². The van der Waals surface area contributed by atoms with Crippen LogP contribution in [0.3, 0.4) is 0 Å². The first-order valence-corrected chi connectivity index (χ1v) is 17.4. The van der Waals surface area contributed by atoms with Gasteiger partial charge in [-0.3, -0.25) is 0 Å². The van der Waals surface area contributed by atoms with Crippen molar-refractivity contribution in [1.82, 2.24) is 0 Å². The van der Waals surface area contributed by atoms with Crippen LogP contribution in [0.5, 0.6) is 0 Å². The summed E-state index contributed by atoms with van der Waals surface area (Å²) >= 11 is 5.45. The van der Waals surface area contributed by atoms with E-state index in [1.54, 1.807) is 0 Å². The van der Waals surface area contributed by atoms with Gasteiger partial charge in [0.05, 0.1) is 0 Å². The van der Waals surface area contributed by atoms with Crippen LogP contribution in [0.2, 0.25) is 5.04 Å². The Kier molecular flexibility index (Phi) is 7.50. The molecule has 214 valence electrons. The quantitative estimate of drug-likeness (QED) is 0.145. The van der Waals surface area contributed by atoms with E-state index in [-0.39, 0.29) is 10.5 Å². The molecule has 0 radical (unpaired) electrons. The monoisotopic (exact) mass is 578 g/mol. The summed E-state index contributed by atoms with van der Waals surface area (Å²) in [6, 6.07) is 29.1. The Labute approximate surface area is 254 Å². The van der Waals surface area contributed by atoms with Crippen LogP contribution in [0.25, 0.3) is 0 Å². The number of aryl methyl sites for hydroxylation is 3. The van der Waals surface area contributed by atoms with E-state index < -0.39 is 13.7 Å². The van der Waals surface area contributed by atoms with Crippen LogP contribution in [-0.2, 0) is 17.4 Å². The van der Waals surface area contributed by atoms with Gasteiger partial charge in [-0.05, 0) is 93.0 Å². The minimum Gasteiger partial charge on any atom is -0.380 e. The second-order valence-electron chi connectivity index (χ2n) is 14.3. The van der Waals surface area contributed by atoms with Crippen molar-refractivity contribution in [2.45, 2.75) is 96.1 Å². The van der Waals surface area contributed by atoms with E-state index in [0.717, 1.165) is 33.6 Å². The van der Waals surface area contributed by atoms with Gasteiger partial charge in [0.2, 0.25) is 0 Å². The lowest BCUT2D eigenvalue weighted by molar-refractivity contribution is 0.0792. The van der Waals surface area contributed by atoms with E-state index >= 15 is 0 Å². The van der Waals surface area contributed by atoms with Gasteiger partial charge in [-0.1, -0.05) is 120 Å². The highest BCUT2D eigenvalue weighted by Crippen LogP contribution is 2.49. The van der Waals surface area contributed by atoms with E-state index in [0.29, 0.717) is 6.42 Å².